The molecule has 0 bridgehead atoms. The molecule has 0 saturated heterocycles. The maximum Gasteiger partial charge on any atom is 0.343 e. The number of esters is 1. The standard InChI is InChI=1S/C24H21N5O2S/c1-3-15-9-11-19-20(13-15)32-24(27-19)28-22-17(23(30)31-4-2)14-25-29(22)21-12-10-16-7-5-6-8-18(16)26-21/h5-14H,3-4H2,1-2H3,(H,27,28). The van der Waals surface area contributed by atoms with Crippen LogP contribution in [-0.2, 0) is 11.2 Å². The second-order valence-electron chi connectivity index (χ2n) is 7.20. The zero-order chi connectivity index (χ0) is 22.1. The summed E-state index contributed by atoms with van der Waals surface area (Å²) in [5, 5.41) is 9.44. The number of ether oxygens (including phenoxy) is 1. The summed E-state index contributed by atoms with van der Waals surface area (Å²) in [6.45, 7) is 4.18. The lowest BCUT2D eigenvalue weighted by atomic mass is 10.2. The molecule has 5 rings (SSSR count). The van der Waals surface area contributed by atoms with Crippen LogP contribution in [0.3, 0.4) is 0 Å². The highest BCUT2D eigenvalue weighted by atomic mass is 32.1. The summed E-state index contributed by atoms with van der Waals surface area (Å²) >= 11 is 1.53. The van der Waals surface area contributed by atoms with Gasteiger partial charge in [-0.3, -0.25) is 0 Å². The van der Waals surface area contributed by atoms with Crippen LogP contribution in [0.4, 0.5) is 10.9 Å². The summed E-state index contributed by atoms with van der Waals surface area (Å²) in [4.78, 5) is 22.0. The Hall–Kier alpha value is -3.78. The molecule has 3 aromatic heterocycles. The third kappa shape index (κ3) is 3.69. The van der Waals surface area contributed by atoms with E-state index in [1.54, 1.807) is 11.6 Å². The van der Waals surface area contributed by atoms with Gasteiger partial charge < -0.3 is 10.1 Å². The Morgan fingerprint density at radius 2 is 1.94 bits per heavy atom. The fraction of sp³-hybridized carbons (Fsp3) is 0.167. The van der Waals surface area contributed by atoms with Gasteiger partial charge in [-0.15, -0.1) is 0 Å². The molecule has 0 atom stereocenters. The van der Waals surface area contributed by atoms with Crippen molar-refractivity contribution in [3.63, 3.8) is 0 Å². The number of aromatic nitrogens is 4. The summed E-state index contributed by atoms with van der Waals surface area (Å²) in [5.41, 5.74) is 3.33. The number of anilines is 2. The van der Waals surface area contributed by atoms with Gasteiger partial charge in [0.25, 0.3) is 0 Å². The lowest BCUT2D eigenvalue weighted by Crippen LogP contribution is -2.10. The predicted molar refractivity (Wildman–Crippen MR) is 127 cm³/mol. The van der Waals surface area contributed by atoms with Crippen LogP contribution < -0.4 is 5.32 Å². The molecule has 0 radical (unpaired) electrons. The summed E-state index contributed by atoms with van der Waals surface area (Å²) in [5.74, 6) is 0.619. The largest absolute Gasteiger partial charge is 0.462 e. The highest BCUT2D eigenvalue weighted by Crippen LogP contribution is 2.31. The molecule has 8 heteroatoms. The molecule has 0 amide bonds. The molecule has 0 saturated carbocycles. The molecule has 160 valence electrons. The van der Waals surface area contributed by atoms with Crippen molar-refractivity contribution in [2.45, 2.75) is 20.3 Å². The van der Waals surface area contributed by atoms with Crippen molar-refractivity contribution < 1.29 is 9.53 Å². The van der Waals surface area contributed by atoms with Crippen LogP contribution in [0.5, 0.6) is 0 Å². The third-order valence-corrected chi connectivity index (χ3v) is 6.09. The van der Waals surface area contributed by atoms with Gasteiger partial charge in [0, 0.05) is 5.39 Å². The monoisotopic (exact) mass is 443 g/mol. The number of carbonyl (C=O) groups is 1. The number of hydrogen-bond donors (Lipinski definition) is 1. The first-order valence-electron chi connectivity index (χ1n) is 10.4. The highest BCUT2D eigenvalue weighted by molar-refractivity contribution is 7.22. The SMILES string of the molecule is CCOC(=O)c1cnn(-c2ccc3ccccc3n2)c1Nc1nc2ccc(CC)cc2s1. The first-order valence-corrected chi connectivity index (χ1v) is 11.3. The van der Waals surface area contributed by atoms with Crippen molar-refractivity contribution in [2.24, 2.45) is 0 Å². The second-order valence-corrected chi connectivity index (χ2v) is 8.23. The molecule has 2 aromatic carbocycles. The minimum Gasteiger partial charge on any atom is -0.462 e. The number of nitrogens with zero attached hydrogens (tertiary/aromatic N) is 4. The van der Waals surface area contributed by atoms with Crippen molar-refractivity contribution in [1.82, 2.24) is 19.7 Å². The Kier molecular flexibility index (Phi) is 5.28. The Labute approximate surface area is 188 Å². The smallest absolute Gasteiger partial charge is 0.343 e. The van der Waals surface area contributed by atoms with Gasteiger partial charge in [0.05, 0.1) is 28.5 Å². The first-order chi connectivity index (χ1) is 15.7. The molecule has 0 unspecified atom stereocenters. The van der Waals surface area contributed by atoms with E-state index < -0.39 is 5.97 Å². The lowest BCUT2D eigenvalue weighted by molar-refractivity contribution is 0.0527. The topological polar surface area (TPSA) is 81.9 Å². The van der Waals surface area contributed by atoms with Crippen LogP contribution in [0.25, 0.3) is 26.9 Å². The van der Waals surface area contributed by atoms with Gasteiger partial charge in [-0.05, 0) is 49.2 Å². The normalized spacial score (nSPS) is 11.2. The number of para-hydroxylation sites is 1. The van der Waals surface area contributed by atoms with Gasteiger partial charge in [-0.1, -0.05) is 42.5 Å². The molecule has 32 heavy (non-hydrogen) atoms. The van der Waals surface area contributed by atoms with Crippen molar-refractivity contribution in [3.05, 3.63) is 71.9 Å². The number of carbonyl (C=O) groups excluding carboxylic acids is 1. The van der Waals surface area contributed by atoms with E-state index >= 15 is 0 Å². The predicted octanol–water partition coefficient (Wildman–Crippen LogP) is 5.51. The van der Waals surface area contributed by atoms with Gasteiger partial charge >= 0.3 is 5.97 Å². The number of rotatable bonds is 6. The fourth-order valence-corrected chi connectivity index (χ4v) is 4.45. The second kappa shape index (κ2) is 8.39. The van der Waals surface area contributed by atoms with Crippen LogP contribution in [0, 0.1) is 0 Å². The Bertz CT molecular complexity index is 1440. The Morgan fingerprint density at radius 3 is 2.78 bits per heavy atom. The minimum absolute atomic E-state index is 0.276. The van der Waals surface area contributed by atoms with E-state index in [9.17, 15) is 4.79 Å². The van der Waals surface area contributed by atoms with Gasteiger partial charge in [-0.2, -0.15) is 9.78 Å². The molecule has 5 aromatic rings. The van der Waals surface area contributed by atoms with Gasteiger partial charge in [-0.25, -0.2) is 14.8 Å². The molecule has 7 nitrogen and oxygen atoms in total. The molecule has 3 heterocycles. The molecule has 0 aliphatic carbocycles. The molecular formula is C24H21N5O2S. The van der Waals surface area contributed by atoms with E-state index in [0.717, 1.165) is 27.5 Å². The van der Waals surface area contributed by atoms with E-state index in [1.807, 2.05) is 42.5 Å². The van der Waals surface area contributed by atoms with Crippen LogP contribution in [0.1, 0.15) is 29.8 Å². The van der Waals surface area contributed by atoms with Crippen LogP contribution in [0.15, 0.2) is 60.8 Å². The maximum atomic E-state index is 12.6. The van der Waals surface area contributed by atoms with E-state index in [2.05, 4.69) is 34.5 Å². The number of benzene rings is 2. The number of fused-ring (bicyclic) bond motifs is 2. The number of thiazole rings is 1. The Balaban J connectivity index is 1.60. The molecule has 0 spiro atoms. The minimum atomic E-state index is -0.448. The van der Waals surface area contributed by atoms with Crippen molar-refractivity contribution >= 4 is 49.4 Å². The zero-order valence-electron chi connectivity index (χ0n) is 17.7. The third-order valence-electron chi connectivity index (χ3n) is 5.15. The summed E-state index contributed by atoms with van der Waals surface area (Å²) in [7, 11) is 0. The quantitative estimate of drug-likeness (QED) is 0.348. The number of hydrogen-bond acceptors (Lipinski definition) is 7. The summed E-state index contributed by atoms with van der Waals surface area (Å²) in [6.07, 6.45) is 2.46. The zero-order valence-corrected chi connectivity index (χ0v) is 18.5. The van der Waals surface area contributed by atoms with Gasteiger partial charge in [0.1, 0.15) is 5.56 Å². The molecule has 0 fully saturated rings. The Morgan fingerprint density at radius 1 is 1.06 bits per heavy atom. The maximum absolute atomic E-state index is 12.6. The molecule has 0 aliphatic rings. The first kappa shape index (κ1) is 20.1. The van der Waals surface area contributed by atoms with Crippen molar-refractivity contribution in [3.8, 4) is 5.82 Å². The van der Waals surface area contributed by atoms with E-state index in [4.69, 9.17) is 9.72 Å². The van der Waals surface area contributed by atoms with E-state index in [1.165, 1.54) is 23.1 Å². The summed E-state index contributed by atoms with van der Waals surface area (Å²) < 4.78 is 7.94. The lowest BCUT2D eigenvalue weighted by Gasteiger charge is -2.10. The van der Waals surface area contributed by atoms with Crippen molar-refractivity contribution in [2.75, 3.05) is 11.9 Å². The van der Waals surface area contributed by atoms with E-state index in [0.29, 0.717) is 22.3 Å². The molecular weight excluding hydrogens is 422 g/mol. The summed E-state index contributed by atoms with van der Waals surface area (Å²) in [6, 6.07) is 18.0. The number of nitrogens with one attached hydrogen (secondary N) is 1. The van der Waals surface area contributed by atoms with E-state index in [-0.39, 0.29) is 6.61 Å². The average molecular weight is 444 g/mol. The van der Waals surface area contributed by atoms with Gasteiger partial charge in [0.15, 0.2) is 16.8 Å². The van der Waals surface area contributed by atoms with Crippen LogP contribution in [0.2, 0.25) is 0 Å². The van der Waals surface area contributed by atoms with Crippen LogP contribution in [-0.4, -0.2) is 32.3 Å². The van der Waals surface area contributed by atoms with Gasteiger partial charge in [0.2, 0.25) is 0 Å². The fourth-order valence-electron chi connectivity index (χ4n) is 3.52. The molecule has 1 N–H and O–H groups in total. The number of aryl methyl sites for hydroxylation is 1. The van der Waals surface area contributed by atoms with Crippen LogP contribution >= 0.6 is 11.3 Å². The molecule has 0 aliphatic heterocycles. The highest BCUT2D eigenvalue weighted by Gasteiger charge is 2.22. The number of pyridine rings is 1. The van der Waals surface area contributed by atoms with Crippen molar-refractivity contribution in [1.29, 1.82) is 0 Å². The average Bonchev–Trinajstić information content (AvgIpc) is 3.42.